The number of carbonyl (C=O) groups excluding carboxylic acids is 1. The van der Waals surface area contributed by atoms with Crippen LogP contribution in [0.5, 0.6) is 0 Å². The predicted octanol–water partition coefficient (Wildman–Crippen LogP) is 4.41. The molecule has 6 nitrogen and oxygen atoms in total. The number of aliphatic hydroxyl groups is 2. The fourth-order valence-corrected chi connectivity index (χ4v) is 4.58. The summed E-state index contributed by atoms with van der Waals surface area (Å²) in [4.78, 5) is 23.7. The summed E-state index contributed by atoms with van der Waals surface area (Å²) >= 11 is 0. The smallest absolute Gasteiger partial charge is 0.311 e. The maximum absolute atomic E-state index is 12.9. The average molecular weight is 429 g/mol. The Hall–Kier alpha value is -1.14. The Balaban J connectivity index is 2.96. The molecular weight excluding hydrogens is 384 g/mol. The summed E-state index contributed by atoms with van der Waals surface area (Å²) < 4.78 is 6.19. The maximum atomic E-state index is 12.9. The van der Waals surface area contributed by atoms with Gasteiger partial charge in [0, 0.05) is 5.92 Å². The van der Waals surface area contributed by atoms with Gasteiger partial charge in [-0.2, -0.15) is 0 Å². The zero-order valence-corrected chi connectivity index (χ0v) is 20.0. The minimum atomic E-state index is -1.08. The number of carbonyl (C=O) groups is 2. The molecule has 0 heterocycles. The third-order valence-electron chi connectivity index (χ3n) is 7.25. The van der Waals surface area contributed by atoms with Gasteiger partial charge in [0.1, 0.15) is 6.10 Å². The van der Waals surface area contributed by atoms with Crippen molar-refractivity contribution in [3.8, 4) is 0 Å². The van der Waals surface area contributed by atoms with E-state index in [9.17, 15) is 19.8 Å². The fraction of sp³-hybridized carbons (Fsp3) is 0.917. The minimum absolute atomic E-state index is 0.0356. The van der Waals surface area contributed by atoms with Crippen LogP contribution in [0.2, 0.25) is 0 Å². The highest BCUT2D eigenvalue weighted by atomic mass is 16.5. The van der Waals surface area contributed by atoms with E-state index >= 15 is 0 Å². The first-order valence-corrected chi connectivity index (χ1v) is 11.5. The summed E-state index contributed by atoms with van der Waals surface area (Å²) in [6.07, 6.45) is 1.49. The van der Waals surface area contributed by atoms with Crippen molar-refractivity contribution in [1.82, 2.24) is 0 Å². The number of carboxylic acids is 1. The molecule has 0 radical (unpaired) electrons. The van der Waals surface area contributed by atoms with Gasteiger partial charge in [0.05, 0.1) is 24.0 Å². The highest BCUT2D eigenvalue weighted by Crippen LogP contribution is 2.49. The van der Waals surface area contributed by atoms with E-state index in [0.717, 1.165) is 12.8 Å². The molecule has 0 aromatic carbocycles. The number of esters is 1. The monoisotopic (exact) mass is 428 g/mol. The topological polar surface area (TPSA) is 104 Å². The van der Waals surface area contributed by atoms with E-state index in [0.29, 0.717) is 25.2 Å². The fourth-order valence-electron chi connectivity index (χ4n) is 4.58. The van der Waals surface area contributed by atoms with Crippen molar-refractivity contribution < 1.29 is 29.6 Å². The second-order valence-corrected chi connectivity index (χ2v) is 10.9. The Morgan fingerprint density at radius 2 is 1.77 bits per heavy atom. The van der Waals surface area contributed by atoms with Crippen molar-refractivity contribution in [1.29, 1.82) is 0 Å². The van der Waals surface area contributed by atoms with Crippen LogP contribution in [0, 0.1) is 28.6 Å². The minimum Gasteiger partial charge on any atom is -0.481 e. The molecule has 0 spiro atoms. The van der Waals surface area contributed by atoms with Crippen molar-refractivity contribution in [2.24, 2.45) is 28.6 Å². The molecule has 0 saturated heterocycles. The van der Waals surface area contributed by atoms with Crippen molar-refractivity contribution in [2.45, 2.75) is 112 Å². The van der Waals surface area contributed by atoms with Gasteiger partial charge in [-0.05, 0) is 69.6 Å². The van der Waals surface area contributed by atoms with Crippen LogP contribution >= 0.6 is 0 Å². The molecule has 30 heavy (non-hydrogen) atoms. The molecule has 3 N–H and O–H groups in total. The molecule has 1 fully saturated rings. The molecule has 5 atom stereocenters. The van der Waals surface area contributed by atoms with Crippen LogP contribution in [0.4, 0.5) is 0 Å². The Morgan fingerprint density at radius 1 is 1.17 bits per heavy atom. The van der Waals surface area contributed by atoms with Gasteiger partial charge < -0.3 is 20.1 Å². The second kappa shape index (κ2) is 10.9. The van der Waals surface area contributed by atoms with Crippen LogP contribution in [-0.4, -0.2) is 45.6 Å². The van der Waals surface area contributed by atoms with Gasteiger partial charge in [0.25, 0.3) is 0 Å². The lowest BCUT2D eigenvalue weighted by atomic mass is 9.60. The van der Waals surface area contributed by atoms with Crippen LogP contribution in [-0.2, 0) is 14.3 Å². The first kappa shape index (κ1) is 26.9. The molecule has 1 aliphatic carbocycles. The third-order valence-corrected chi connectivity index (χ3v) is 7.25. The molecule has 1 saturated carbocycles. The Bertz CT molecular complexity index is 568. The number of hydrogen-bond donors (Lipinski definition) is 3. The van der Waals surface area contributed by atoms with Gasteiger partial charge in [0.15, 0.2) is 0 Å². The number of hydrogen-bond acceptors (Lipinski definition) is 5. The molecule has 0 aromatic rings. The molecule has 6 heteroatoms. The van der Waals surface area contributed by atoms with E-state index < -0.39 is 23.6 Å². The van der Waals surface area contributed by atoms with E-state index in [2.05, 4.69) is 27.7 Å². The molecule has 0 bridgehead atoms. The normalized spacial score (nSPS) is 26.3. The van der Waals surface area contributed by atoms with Gasteiger partial charge in [-0.25, -0.2) is 0 Å². The number of ether oxygens (including phenoxy) is 1. The molecule has 0 aliphatic heterocycles. The highest BCUT2D eigenvalue weighted by molar-refractivity contribution is 5.76. The third kappa shape index (κ3) is 7.52. The van der Waals surface area contributed by atoms with Crippen LogP contribution in [0.15, 0.2) is 0 Å². The Labute approximate surface area is 182 Å². The predicted molar refractivity (Wildman–Crippen MR) is 117 cm³/mol. The van der Waals surface area contributed by atoms with Crippen LogP contribution in [0.3, 0.4) is 0 Å². The zero-order chi connectivity index (χ0) is 23.3. The molecule has 0 unspecified atom stereocenters. The second-order valence-electron chi connectivity index (χ2n) is 10.9. The highest BCUT2D eigenvalue weighted by Gasteiger charge is 2.47. The summed E-state index contributed by atoms with van der Waals surface area (Å²) in [5, 5.41) is 29.0. The van der Waals surface area contributed by atoms with E-state index in [4.69, 9.17) is 9.84 Å². The average Bonchev–Trinajstić information content (AvgIpc) is 2.59. The number of aliphatic carboxylic acids is 1. The van der Waals surface area contributed by atoms with Crippen LogP contribution in [0.1, 0.15) is 93.4 Å². The molecule has 0 amide bonds. The molecule has 0 aromatic heterocycles. The van der Waals surface area contributed by atoms with E-state index in [1.807, 2.05) is 20.8 Å². The number of rotatable bonds is 11. The SMILES string of the molecule is CCC(C)(C)C(=O)O[C@@H]1[C@@H](CC[C@@H](O)C[C@@H](O)CC(=O)O)C(C)(C)CC[C@H]1C(C)C. The van der Waals surface area contributed by atoms with E-state index in [1.165, 1.54) is 0 Å². The quantitative estimate of drug-likeness (QED) is 0.421. The first-order chi connectivity index (χ1) is 13.7. The van der Waals surface area contributed by atoms with Gasteiger partial charge in [-0.3, -0.25) is 9.59 Å². The standard InChI is InChI=1S/C24H44O6/c1-8-23(4,5)22(29)30-21-18(15(2)3)11-12-24(6,7)19(21)10-9-16(25)13-17(26)14-20(27)28/h15-19,21,25-26H,8-14H2,1-7H3,(H,27,28)/t16-,17-,18+,19-,21+/m1/s1. The van der Waals surface area contributed by atoms with Crippen LogP contribution in [0.25, 0.3) is 0 Å². The number of aliphatic hydroxyl groups excluding tert-OH is 2. The summed E-state index contributed by atoms with van der Waals surface area (Å²) in [5.74, 6) is -0.487. The summed E-state index contributed by atoms with van der Waals surface area (Å²) in [7, 11) is 0. The lowest BCUT2D eigenvalue weighted by Gasteiger charge is -2.49. The van der Waals surface area contributed by atoms with Gasteiger partial charge in [-0.15, -0.1) is 0 Å². The van der Waals surface area contributed by atoms with Crippen molar-refractivity contribution in [2.75, 3.05) is 0 Å². The van der Waals surface area contributed by atoms with E-state index in [-0.39, 0.29) is 42.2 Å². The first-order valence-electron chi connectivity index (χ1n) is 11.5. The molecule has 1 aliphatic rings. The molecule has 1 rings (SSSR count). The largest absolute Gasteiger partial charge is 0.481 e. The summed E-state index contributed by atoms with van der Waals surface area (Å²) in [5.41, 5.74) is -0.569. The maximum Gasteiger partial charge on any atom is 0.311 e. The summed E-state index contributed by atoms with van der Waals surface area (Å²) in [6.45, 7) is 14.6. The van der Waals surface area contributed by atoms with Crippen molar-refractivity contribution in [3.63, 3.8) is 0 Å². The molecule has 176 valence electrons. The van der Waals surface area contributed by atoms with E-state index in [1.54, 1.807) is 0 Å². The lowest BCUT2D eigenvalue weighted by Crippen LogP contribution is -2.49. The lowest BCUT2D eigenvalue weighted by molar-refractivity contribution is -0.177. The van der Waals surface area contributed by atoms with Crippen LogP contribution < -0.4 is 0 Å². The summed E-state index contributed by atoms with van der Waals surface area (Å²) in [6, 6.07) is 0. The van der Waals surface area contributed by atoms with Gasteiger partial charge >= 0.3 is 11.9 Å². The van der Waals surface area contributed by atoms with Gasteiger partial charge in [-0.1, -0.05) is 34.6 Å². The van der Waals surface area contributed by atoms with Gasteiger partial charge in [0.2, 0.25) is 0 Å². The Morgan fingerprint density at radius 3 is 2.27 bits per heavy atom. The molecular formula is C24H44O6. The van der Waals surface area contributed by atoms with Crippen molar-refractivity contribution >= 4 is 11.9 Å². The van der Waals surface area contributed by atoms with Crippen molar-refractivity contribution in [3.05, 3.63) is 0 Å². The number of carboxylic acid groups (broad SMARTS) is 1. The Kier molecular flexibility index (Phi) is 9.81. The zero-order valence-electron chi connectivity index (χ0n) is 20.0.